The van der Waals surface area contributed by atoms with Crippen molar-refractivity contribution in [2.45, 2.75) is 6.42 Å². The molecule has 1 fully saturated rings. The maximum atomic E-state index is 12.6. The molecule has 8 heteroatoms. The second-order valence-corrected chi connectivity index (χ2v) is 7.83. The van der Waals surface area contributed by atoms with Crippen molar-refractivity contribution in [3.8, 4) is 11.5 Å². The number of amides is 2. The fraction of sp³-hybridized carbons (Fsp3) is 0.263. The molecule has 2 amide bonds. The molecule has 6 nitrogen and oxygen atoms in total. The van der Waals surface area contributed by atoms with Gasteiger partial charge >= 0.3 is 0 Å². The van der Waals surface area contributed by atoms with Gasteiger partial charge in [-0.25, -0.2) is 0 Å². The van der Waals surface area contributed by atoms with E-state index in [4.69, 9.17) is 9.47 Å². The number of carbonyl (C=O) groups excluding carboxylic acids is 2. The van der Waals surface area contributed by atoms with E-state index in [9.17, 15) is 9.59 Å². The zero-order valence-corrected chi connectivity index (χ0v) is 18.0. The van der Waals surface area contributed by atoms with Crippen LogP contribution in [-0.4, -0.2) is 32.6 Å². The molecule has 1 N–H and O–H groups in total. The van der Waals surface area contributed by atoms with Crippen LogP contribution in [0.4, 0.5) is 11.4 Å². The van der Waals surface area contributed by atoms with Crippen LogP contribution in [0.25, 0.3) is 0 Å². The van der Waals surface area contributed by atoms with Crippen molar-refractivity contribution in [3.05, 3.63) is 45.3 Å². The molecule has 0 saturated carbocycles. The van der Waals surface area contributed by atoms with Gasteiger partial charge in [-0.15, -0.1) is 0 Å². The molecular formula is C19H18Br2N2O4. The van der Waals surface area contributed by atoms with Crippen molar-refractivity contribution in [1.29, 1.82) is 0 Å². The second-order valence-electron chi connectivity index (χ2n) is 6.06. The summed E-state index contributed by atoms with van der Waals surface area (Å²) in [6.07, 6.45) is 0.161. The van der Waals surface area contributed by atoms with Gasteiger partial charge in [-0.1, -0.05) is 15.9 Å². The summed E-state index contributed by atoms with van der Waals surface area (Å²) in [5.74, 6) is 0.407. The number of rotatable bonds is 5. The lowest BCUT2D eigenvalue weighted by Crippen LogP contribution is -2.28. The van der Waals surface area contributed by atoms with Crippen LogP contribution in [0.2, 0.25) is 0 Å². The lowest BCUT2D eigenvalue weighted by atomic mass is 10.1. The first kappa shape index (κ1) is 19.7. The van der Waals surface area contributed by atoms with Crippen LogP contribution in [0.15, 0.2) is 45.3 Å². The minimum atomic E-state index is -0.429. The fourth-order valence-electron chi connectivity index (χ4n) is 2.95. The first-order valence-electron chi connectivity index (χ1n) is 8.21. The Morgan fingerprint density at radius 1 is 1.11 bits per heavy atom. The second kappa shape index (κ2) is 8.31. The third-order valence-electron chi connectivity index (χ3n) is 4.36. The molecule has 1 atom stereocenters. The van der Waals surface area contributed by atoms with E-state index in [1.807, 2.05) is 12.1 Å². The fourth-order valence-corrected chi connectivity index (χ4v) is 4.10. The maximum Gasteiger partial charge on any atom is 0.229 e. The molecule has 27 heavy (non-hydrogen) atoms. The van der Waals surface area contributed by atoms with Gasteiger partial charge in [0.15, 0.2) is 11.5 Å². The van der Waals surface area contributed by atoms with Crippen LogP contribution in [0.5, 0.6) is 11.5 Å². The Morgan fingerprint density at radius 2 is 1.85 bits per heavy atom. The summed E-state index contributed by atoms with van der Waals surface area (Å²) in [4.78, 5) is 26.7. The Bertz CT molecular complexity index is 888. The van der Waals surface area contributed by atoms with Crippen molar-refractivity contribution in [3.63, 3.8) is 0 Å². The molecule has 1 saturated heterocycles. The number of halogens is 2. The van der Waals surface area contributed by atoms with Crippen molar-refractivity contribution < 1.29 is 19.1 Å². The Morgan fingerprint density at radius 3 is 2.52 bits per heavy atom. The van der Waals surface area contributed by atoms with Gasteiger partial charge in [0.05, 0.1) is 25.8 Å². The van der Waals surface area contributed by atoms with Crippen molar-refractivity contribution in [1.82, 2.24) is 0 Å². The number of anilines is 2. The summed E-state index contributed by atoms with van der Waals surface area (Å²) < 4.78 is 12.2. The molecule has 1 aliphatic rings. The van der Waals surface area contributed by atoms with Crippen LogP contribution in [0.1, 0.15) is 6.42 Å². The summed E-state index contributed by atoms with van der Waals surface area (Å²) in [6, 6.07) is 10.8. The van der Waals surface area contributed by atoms with Crippen molar-refractivity contribution in [2.75, 3.05) is 31.0 Å². The van der Waals surface area contributed by atoms with Gasteiger partial charge in [-0.3, -0.25) is 9.59 Å². The van der Waals surface area contributed by atoms with Gasteiger partial charge < -0.3 is 19.7 Å². The Hall–Kier alpha value is -2.06. The summed E-state index contributed by atoms with van der Waals surface area (Å²) in [7, 11) is 3.10. The van der Waals surface area contributed by atoms with Gasteiger partial charge in [0.2, 0.25) is 11.8 Å². The molecule has 3 rings (SSSR count). The highest BCUT2D eigenvalue weighted by Gasteiger charge is 2.35. The zero-order chi connectivity index (χ0) is 19.6. The van der Waals surface area contributed by atoms with Crippen molar-refractivity contribution >= 4 is 55.0 Å². The zero-order valence-electron chi connectivity index (χ0n) is 14.8. The van der Waals surface area contributed by atoms with Gasteiger partial charge in [0, 0.05) is 33.7 Å². The number of nitrogens with zero attached hydrogens (tertiary/aromatic N) is 1. The average Bonchev–Trinajstić information content (AvgIpc) is 3.05. The van der Waals surface area contributed by atoms with Gasteiger partial charge in [-0.05, 0) is 46.3 Å². The molecule has 142 valence electrons. The topological polar surface area (TPSA) is 67.9 Å². The van der Waals surface area contributed by atoms with Gasteiger partial charge in [0.25, 0.3) is 0 Å². The normalized spacial score (nSPS) is 16.4. The third kappa shape index (κ3) is 4.27. The van der Waals surface area contributed by atoms with Crippen LogP contribution < -0.4 is 19.7 Å². The van der Waals surface area contributed by atoms with Crippen LogP contribution >= 0.6 is 31.9 Å². The third-order valence-corrected chi connectivity index (χ3v) is 5.51. The lowest BCUT2D eigenvalue weighted by Gasteiger charge is -2.18. The van der Waals surface area contributed by atoms with Crippen LogP contribution in [-0.2, 0) is 9.59 Å². The molecular weight excluding hydrogens is 480 g/mol. The molecule has 2 aromatic rings. The highest BCUT2D eigenvalue weighted by molar-refractivity contribution is 9.11. The highest BCUT2D eigenvalue weighted by atomic mass is 79.9. The van der Waals surface area contributed by atoms with Crippen LogP contribution in [0.3, 0.4) is 0 Å². The number of benzene rings is 2. The molecule has 2 aromatic carbocycles. The molecule has 1 heterocycles. The van der Waals surface area contributed by atoms with E-state index in [1.165, 1.54) is 0 Å². The van der Waals surface area contributed by atoms with E-state index in [1.54, 1.807) is 43.4 Å². The van der Waals surface area contributed by atoms with Gasteiger partial charge in [-0.2, -0.15) is 0 Å². The summed E-state index contributed by atoms with van der Waals surface area (Å²) in [5, 5.41) is 2.88. The minimum absolute atomic E-state index is 0.0998. The number of methoxy groups -OCH3 is 2. The molecule has 1 unspecified atom stereocenters. The highest BCUT2D eigenvalue weighted by Crippen LogP contribution is 2.34. The molecule has 0 aromatic heterocycles. The smallest absolute Gasteiger partial charge is 0.229 e. The summed E-state index contributed by atoms with van der Waals surface area (Å²) in [5.41, 5.74) is 1.35. The van der Waals surface area contributed by atoms with Gasteiger partial charge in [0.1, 0.15) is 0 Å². The standard InChI is InChI=1S/C19H18Br2N2O4/c1-26-16-6-4-13(9-17(16)27-2)23-10-11(7-18(23)24)19(25)22-15-5-3-12(20)8-14(15)21/h3-6,8-9,11H,7,10H2,1-2H3,(H,22,25). The minimum Gasteiger partial charge on any atom is -0.493 e. The van der Waals surface area contributed by atoms with Crippen LogP contribution in [0, 0.1) is 5.92 Å². The molecule has 1 aliphatic heterocycles. The number of hydrogen-bond donors (Lipinski definition) is 1. The Balaban J connectivity index is 1.74. The first-order chi connectivity index (χ1) is 12.9. The predicted molar refractivity (Wildman–Crippen MR) is 110 cm³/mol. The molecule has 0 radical (unpaired) electrons. The Kier molecular flexibility index (Phi) is 6.06. The summed E-state index contributed by atoms with van der Waals surface area (Å²) in [6.45, 7) is 0.314. The summed E-state index contributed by atoms with van der Waals surface area (Å²) >= 11 is 6.81. The quantitative estimate of drug-likeness (QED) is 0.671. The van der Waals surface area contributed by atoms with E-state index >= 15 is 0 Å². The van der Waals surface area contributed by atoms with E-state index < -0.39 is 5.92 Å². The largest absolute Gasteiger partial charge is 0.493 e. The molecule has 0 aliphatic carbocycles. The number of carbonyl (C=O) groups is 2. The Labute approximate surface area is 174 Å². The number of nitrogens with one attached hydrogen (secondary N) is 1. The number of ether oxygens (including phenoxy) is 2. The SMILES string of the molecule is COc1ccc(N2CC(C(=O)Nc3ccc(Br)cc3Br)CC2=O)cc1OC. The average molecular weight is 498 g/mol. The monoisotopic (exact) mass is 496 g/mol. The van der Waals surface area contributed by atoms with E-state index in [0.717, 1.165) is 8.95 Å². The predicted octanol–water partition coefficient (Wildman–Crippen LogP) is 4.22. The maximum absolute atomic E-state index is 12.6. The van der Waals surface area contributed by atoms with E-state index in [0.29, 0.717) is 29.4 Å². The van der Waals surface area contributed by atoms with Crippen molar-refractivity contribution in [2.24, 2.45) is 5.92 Å². The molecule has 0 bridgehead atoms. The molecule has 0 spiro atoms. The van der Waals surface area contributed by atoms with E-state index in [-0.39, 0.29) is 18.2 Å². The van der Waals surface area contributed by atoms with E-state index in [2.05, 4.69) is 37.2 Å². The number of hydrogen-bond acceptors (Lipinski definition) is 4. The first-order valence-corrected chi connectivity index (χ1v) is 9.80. The lowest BCUT2D eigenvalue weighted by molar-refractivity contribution is -0.122.